The van der Waals surface area contributed by atoms with Crippen LogP contribution in [0.2, 0.25) is 0 Å². The highest BCUT2D eigenvalue weighted by Crippen LogP contribution is 2.37. The number of amides is 1. The smallest absolute Gasteiger partial charge is 0.315 e. The van der Waals surface area contributed by atoms with Gasteiger partial charge in [0.1, 0.15) is 11.4 Å². The Bertz CT molecular complexity index is 547. The second kappa shape index (κ2) is 6.43. The zero-order chi connectivity index (χ0) is 15.4. The van der Waals surface area contributed by atoms with Crippen molar-refractivity contribution >= 4 is 23.0 Å². The maximum Gasteiger partial charge on any atom is 0.315 e. The lowest BCUT2D eigenvalue weighted by molar-refractivity contribution is -0.383. The molecule has 0 aromatic heterocycles. The maximum absolute atomic E-state index is 11.8. The van der Waals surface area contributed by atoms with E-state index in [9.17, 15) is 14.9 Å². The molecule has 21 heavy (non-hydrogen) atoms. The summed E-state index contributed by atoms with van der Waals surface area (Å²) in [4.78, 5) is 24.7. The zero-order valence-electron chi connectivity index (χ0n) is 12.3. The van der Waals surface area contributed by atoms with Crippen LogP contribution in [0.25, 0.3) is 0 Å². The van der Waals surface area contributed by atoms with Crippen LogP contribution in [-0.2, 0) is 4.79 Å². The molecule has 0 spiro atoms. The lowest BCUT2D eigenvalue weighted by Gasteiger charge is -2.33. The van der Waals surface area contributed by atoms with Crippen molar-refractivity contribution < 1.29 is 9.72 Å². The molecule has 1 saturated heterocycles. The first-order chi connectivity index (χ1) is 10.1. The molecule has 1 atom stereocenters. The topological polar surface area (TPSA) is 87.5 Å². The number of piperidine rings is 1. The third kappa shape index (κ3) is 3.07. The Labute approximate surface area is 123 Å². The number of benzene rings is 1. The summed E-state index contributed by atoms with van der Waals surface area (Å²) in [6.45, 7) is 1.23. The van der Waals surface area contributed by atoms with E-state index in [2.05, 4.69) is 10.6 Å². The van der Waals surface area contributed by atoms with Gasteiger partial charge in [-0.25, -0.2) is 0 Å². The molecular weight excluding hydrogens is 272 g/mol. The molecule has 2 N–H and O–H groups in total. The first-order valence-corrected chi connectivity index (χ1v) is 7.00. The minimum atomic E-state index is -0.370. The van der Waals surface area contributed by atoms with Gasteiger partial charge in [0, 0.05) is 27.2 Å². The summed E-state index contributed by atoms with van der Waals surface area (Å²) in [6, 6.07) is 5.21. The van der Waals surface area contributed by atoms with E-state index in [-0.39, 0.29) is 22.4 Å². The lowest BCUT2D eigenvalue weighted by Crippen LogP contribution is -2.42. The number of nitro groups is 1. The van der Waals surface area contributed by atoms with Crippen LogP contribution in [0.4, 0.5) is 17.1 Å². The average molecular weight is 292 g/mol. The van der Waals surface area contributed by atoms with Crippen molar-refractivity contribution in [1.29, 1.82) is 0 Å². The van der Waals surface area contributed by atoms with Gasteiger partial charge in [0.2, 0.25) is 5.91 Å². The monoisotopic (exact) mass is 292 g/mol. The Balaban J connectivity index is 2.33. The number of carbonyl (C=O) groups is 1. The number of rotatable bonds is 4. The molecule has 0 aliphatic carbocycles. The largest absolute Gasteiger partial charge is 0.382 e. The summed E-state index contributed by atoms with van der Waals surface area (Å²) in [6.07, 6.45) is 1.66. The predicted octanol–water partition coefficient (Wildman–Crippen LogP) is 1.60. The van der Waals surface area contributed by atoms with Crippen LogP contribution >= 0.6 is 0 Å². The second-order valence-corrected chi connectivity index (χ2v) is 5.08. The van der Waals surface area contributed by atoms with Gasteiger partial charge in [-0.15, -0.1) is 0 Å². The van der Waals surface area contributed by atoms with Gasteiger partial charge in [-0.3, -0.25) is 14.9 Å². The predicted molar refractivity (Wildman–Crippen MR) is 81.6 cm³/mol. The summed E-state index contributed by atoms with van der Waals surface area (Å²) in [5.41, 5.74) is 1.12. The van der Waals surface area contributed by atoms with Crippen molar-refractivity contribution in [2.24, 2.45) is 5.92 Å². The average Bonchev–Trinajstić information content (AvgIpc) is 2.53. The molecule has 2 rings (SSSR count). The van der Waals surface area contributed by atoms with Crippen LogP contribution < -0.4 is 15.5 Å². The highest BCUT2D eigenvalue weighted by Gasteiger charge is 2.30. The summed E-state index contributed by atoms with van der Waals surface area (Å²) in [7, 11) is 3.28. The number of anilines is 2. The first-order valence-electron chi connectivity index (χ1n) is 7.00. The highest BCUT2D eigenvalue weighted by atomic mass is 16.6. The number of para-hydroxylation sites is 1. The third-order valence-corrected chi connectivity index (χ3v) is 3.85. The Morgan fingerprint density at radius 3 is 2.81 bits per heavy atom. The molecule has 1 amide bonds. The Morgan fingerprint density at radius 1 is 1.43 bits per heavy atom. The Hall–Kier alpha value is -2.31. The fourth-order valence-electron chi connectivity index (χ4n) is 2.79. The summed E-state index contributed by atoms with van der Waals surface area (Å²) in [5.74, 6) is -0.131. The van der Waals surface area contributed by atoms with E-state index in [0.29, 0.717) is 17.9 Å². The quantitative estimate of drug-likeness (QED) is 0.650. The van der Waals surface area contributed by atoms with Crippen molar-refractivity contribution in [3.63, 3.8) is 0 Å². The van der Waals surface area contributed by atoms with E-state index >= 15 is 0 Å². The van der Waals surface area contributed by atoms with E-state index < -0.39 is 0 Å². The van der Waals surface area contributed by atoms with Crippen molar-refractivity contribution in [3.05, 3.63) is 28.3 Å². The number of hydrogen-bond acceptors (Lipinski definition) is 5. The van der Waals surface area contributed by atoms with Gasteiger partial charge in [-0.2, -0.15) is 0 Å². The van der Waals surface area contributed by atoms with Crippen molar-refractivity contribution in [2.75, 3.05) is 37.4 Å². The minimum Gasteiger partial charge on any atom is -0.382 e. The fourth-order valence-corrected chi connectivity index (χ4v) is 2.79. The molecule has 1 heterocycles. The highest BCUT2D eigenvalue weighted by molar-refractivity contribution is 5.81. The standard InChI is InChI=1S/C14H20N4O3/c1-15-11-6-3-7-12(13(11)18(20)21)17-8-4-5-10(9-17)14(19)16-2/h3,6-7,10,15H,4-5,8-9H2,1-2H3,(H,16,19). The number of hydrogen-bond donors (Lipinski definition) is 2. The number of nitro benzene ring substituents is 1. The summed E-state index contributed by atoms with van der Waals surface area (Å²) < 4.78 is 0. The van der Waals surface area contributed by atoms with Crippen molar-refractivity contribution in [1.82, 2.24) is 5.32 Å². The summed E-state index contributed by atoms with van der Waals surface area (Å²) >= 11 is 0. The van der Waals surface area contributed by atoms with Crippen LogP contribution in [0.1, 0.15) is 12.8 Å². The molecule has 114 valence electrons. The third-order valence-electron chi connectivity index (χ3n) is 3.85. The van der Waals surface area contributed by atoms with Crippen LogP contribution in [0, 0.1) is 16.0 Å². The number of carbonyl (C=O) groups excluding carboxylic acids is 1. The van der Waals surface area contributed by atoms with Gasteiger partial charge < -0.3 is 15.5 Å². The zero-order valence-corrected chi connectivity index (χ0v) is 12.3. The molecule has 1 aromatic carbocycles. The Morgan fingerprint density at radius 2 is 2.19 bits per heavy atom. The molecule has 0 radical (unpaired) electrons. The summed E-state index contributed by atoms with van der Waals surface area (Å²) in [5, 5.41) is 16.9. The molecular formula is C14H20N4O3. The number of nitrogens with one attached hydrogen (secondary N) is 2. The van der Waals surface area contributed by atoms with Crippen LogP contribution in [0.5, 0.6) is 0 Å². The van der Waals surface area contributed by atoms with E-state index in [4.69, 9.17) is 0 Å². The van der Waals surface area contributed by atoms with Gasteiger partial charge in [0.15, 0.2) is 0 Å². The van der Waals surface area contributed by atoms with Crippen molar-refractivity contribution in [3.8, 4) is 0 Å². The molecule has 1 unspecified atom stereocenters. The molecule has 1 aromatic rings. The van der Waals surface area contributed by atoms with E-state index in [0.717, 1.165) is 19.4 Å². The van der Waals surface area contributed by atoms with Gasteiger partial charge in [-0.1, -0.05) is 6.07 Å². The van der Waals surface area contributed by atoms with Crippen molar-refractivity contribution in [2.45, 2.75) is 12.8 Å². The molecule has 7 nitrogen and oxygen atoms in total. The molecule has 1 aliphatic heterocycles. The van der Waals surface area contributed by atoms with Gasteiger partial charge in [0.25, 0.3) is 0 Å². The minimum absolute atomic E-state index is 0.00729. The van der Waals surface area contributed by atoms with Gasteiger partial charge in [-0.05, 0) is 25.0 Å². The molecule has 0 bridgehead atoms. The van der Waals surface area contributed by atoms with Crippen LogP contribution in [-0.4, -0.2) is 38.0 Å². The van der Waals surface area contributed by atoms with Gasteiger partial charge >= 0.3 is 5.69 Å². The molecule has 0 saturated carbocycles. The fraction of sp³-hybridized carbons (Fsp3) is 0.500. The van der Waals surface area contributed by atoms with Gasteiger partial charge in [0.05, 0.1) is 10.8 Å². The van der Waals surface area contributed by atoms with E-state index in [1.54, 1.807) is 32.3 Å². The maximum atomic E-state index is 11.8. The molecule has 1 aliphatic rings. The first kappa shape index (κ1) is 15.1. The second-order valence-electron chi connectivity index (χ2n) is 5.08. The SMILES string of the molecule is CNC(=O)C1CCCN(c2cccc(NC)c2[N+](=O)[O-])C1. The molecule has 7 heteroatoms. The van der Waals surface area contributed by atoms with E-state index in [1.165, 1.54) is 0 Å². The Kier molecular flexibility index (Phi) is 4.62. The normalized spacial score (nSPS) is 18.2. The van der Waals surface area contributed by atoms with Crippen LogP contribution in [0.3, 0.4) is 0 Å². The van der Waals surface area contributed by atoms with E-state index in [1.807, 2.05) is 4.90 Å². The number of nitrogens with zero attached hydrogens (tertiary/aromatic N) is 2. The lowest BCUT2D eigenvalue weighted by atomic mass is 9.96. The molecule has 1 fully saturated rings. The van der Waals surface area contributed by atoms with Crippen LogP contribution in [0.15, 0.2) is 18.2 Å².